The average Bonchev–Trinajstić information content (AvgIpc) is 3.05. The van der Waals surface area contributed by atoms with Gasteiger partial charge in [0.2, 0.25) is 5.76 Å². The molecule has 0 saturated carbocycles. The normalized spacial score (nSPS) is 11.3. The number of carboxylic acids is 1. The third-order valence-corrected chi connectivity index (χ3v) is 5.05. The van der Waals surface area contributed by atoms with Crippen LogP contribution in [0.3, 0.4) is 0 Å². The van der Waals surface area contributed by atoms with E-state index >= 15 is 0 Å². The fourth-order valence-corrected chi connectivity index (χ4v) is 3.47. The Morgan fingerprint density at radius 2 is 1.77 bits per heavy atom. The fourth-order valence-electron chi connectivity index (χ4n) is 2.23. The van der Waals surface area contributed by atoms with Gasteiger partial charge in [-0.1, -0.05) is 11.6 Å². The fraction of sp³-hybridized carbons (Fsp3) is 0. The number of sulfonamides is 1. The van der Waals surface area contributed by atoms with Gasteiger partial charge in [-0.3, -0.25) is 4.72 Å². The molecule has 0 fully saturated rings. The molecule has 3 rings (SSSR count). The van der Waals surface area contributed by atoms with Gasteiger partial charge in [-0.05, 0) is 54.6 Å². The number of carbonyl (C=O) groups is 1. The minimum Gasteiger partial charge on any atom is -0.475 e. The van der Waals surface area contributed by atoms with Crippen molar-refractivity contribution in [3.8, 4) is 11.3 Å². The lowest BCUT2D eigenvalue weighted by molar-refractivity contribution is 0.0663. The lowest BCUT2D eigenvalue weighted by Gasteiger charge is -2.12. The highest BCUT2D eigenvalue weighted by Crippen LogP contribution is 2.33. The topological polar surface area (TPSA) is 96.6 Å². The molecule has 0 spiro atoms. The molecule has 134 valence electrons. The number of rotatable bonds is 5. The number of nitrogens with one attached hydrogen (secondary N) is 1. The van der Waals surface area contributed by atoms with Gasteiger partial charge in [0.25, 0.3) is 10.0 Å². The summed E-state index contributed by atoms with van der Waals surface area (Å²) in [4.78, 5) is 10.8. The van der Waals surface area contributed by atoms with Crippen LogP contribution in [-0.4, -0.2) is 19.5 Å². The van der Waals surface area contributed by atoms with Crippen LogP contribution in [0.1, 0.15) is 10.6 Å². The summed E-state index contributed by atoms with van der Waals surface area (Å²) in [5, 5.41) is 9.22. The summed E-state index contributed by atoms with van der Waals surface area (Å²) >= 11 is 5.95. The summed E-state index contributed by atoms with van der Waals surface area (Å²) < 4.78 is 45.6. The number of benzene rings is 2. The van der Waals surface area contributed by atoms with E-state index in [1.165, 1.54) is 30.3 Å². The number of anilines is 1. The number of aromatic carboxylic acids is 1. The molecule has 0 radical (unpaired) electrons. The quantitative estimate of drug-likeness (QED) is 0.673. The molecular formula is C17H11ClFNO5S. The summed E-state index contributed by atoms with van der Waals surface area (Å²) in [5.74, 6) is -1.96. The Balaban J connectivity index is 2.03. The van der Waals surface area contributed by atoms with E-state index in [9.17, 15) is 17.6 Å². The van der Waals surface area contributed by atoms with Crippen molar-refractivity contribution in [1.29, 1.82) is 0 Å². The molecule has 6 nitrogen and oxygen atoms in total. The molecule has 26 heavy (non-hydrogen) atoms. The molecule has 0 aliphatic rings. The molecule has 0 atom stereocenters. The van der Waals surface area contributed by atoms with Gasteiger partial charge in [-0.25, -0.2) is 17.6 Å². The minimum atomic E-state index is -4.02. The Morgan fingerprint density at radius 1 is 1.08 bits per heavy atom. The van der Waals surface area contributed by atoms with Crippen LogP contribution in [-0.2, 0) is 10.0 Å². The molecule has 2 aromatic carbocycles. The predicted molar refractivity (Wildman–Crippen MR) is 93.3 cm³/mol. The van der Waals surface area contributed by atoms with Crippen molar-refractivity contribution in [2.45, 2.75) is 4.90 Å². The Bertz CT molecular complexity index is 1080. The zero-order valence-corrected chi connectivity index (χ0v) is 14.5. The largest absolute Gasteiger partial charge is 0.475 e. The Kier molecular flexibility index (Phi) is 4.71. The maximum Gasteiger partial charge on any atom is 0.371 e. The third kappa shape index (κ3) is 3.71. The second-order valence-corrected chi connectivity index (χ2v) is 7.34. The molecular weight excluding hydrogens is 385 g/mol. The van der Waals surface area contributed by atoms with Crippen LogP contribution < -0.4 is 4.72 Å². The first-order chi connectivity index (χ1) is 12.3. The molecule has 0 unspecified atom stereocenters. The van der Waals surface area contributed by atoms with Crippen LogP contribution in [0, 0.1) is 5.82 Å². The second kappa shape index (κ2) is 6.81. The molecule has 0 amide bonds. The maximum atomic E-state index is 13.0. The molecule has 0 aliphatic heterocycles. The van der Waals surface area contributed by atoms with Gasteiger partial charge in [0, 0.05) is 10.6 Å². The van der Waals surface area contributed by atoms with Crippen molar-refractivity contribution >= 4 is 33.3 Å². The highest BCUT2D eigenvalue weighted by molar-refractivity contribution is 7.92. The summed E-state index contributed by atoms with van der Waals surface area (Å²) in [6, 6.07) is 11.3. The van der Waals surface area contributed by atoms with Gasteiger partial charge >= 0.3 is 5.97 Å². The summed E-state index contributed by atoms with van der Waals surface area (Å²) in [5.41, 5.74) is 0.390. The number of hydrogen-bond donors (Lipinski definition) is 2. The summed E-state index contributed by atoms with van der Waals surface area (Å²) in [7, 11) is -4.02. The molecule has 3 aromatic rings. The number of hydrogen-bond acceptors (Lipinski definition) is 4. The van der Waals surface area contributed by atoms with Crippen LogP contribution in [0.25, 0.3) is 11.3 Å². The second-order valence-electron chi connectivity index (χ2n) is 5.22. The number of carboxylic acid groups (broad SMARTS) is 1. The SMILES string of the molecule is O=C(O)c1ccc(-c2ccc(Cl)cc2NS(=O)(=O)c2ccc(F)cc2)o1. The minimum absolute atomic E-state index is 0.0908. The van der Waals surface area contributed by atoms with E-state index in [-0.39, 0.29) is 27.1 Å². The monoisotopic (exact) mass is 395 g/mol. The van der Waals surface area contributed by atoms with Crippen molar-refractivity contribution in [2.24, 2.45) is 0 Å². The number of halogens is 2. The van der Waals surface area contributed by atoms with E-state index in [1.54, 1.807) is 0 Å². The maximum absolute atomic E-state index is 13.0. The zero-order chi connectivity index (χ0) is 18.9. The average molecular weight is 396 g/mol. The highest BCUT2D eigenvalue weighted by atomic mass is 35.5. The molecule has 0 saturated heterocycles. The van der Waals surface area contributed by atoms with Gasteiger partial charge in [0.05, 0.1) is 10.6 Å². The van der Waals surface area contributed by atoms with E-state index in [4.69, 9.17) is 21.1 Å². The standard InChI is InChI=1S/C17H11ClFNO5S/c18-10-1-6-13(15-7-8-16(25-15)17(21)22)14(9-10)20-26(23,24)12-4-2-11(19)3-5-12/h1-9,20H,(H,21,22). The van der Waals surface area contributed by atoms with Crippen molar-refractivity contribution < 1.29 is 27.1 Å². The molecule has 9 heteroatoms. The van der Waals surface area contributed by atoms with Gasteiger partial charge in [-0.2, -0.15) is 0 Å². The predicted octanol–water partition coefficient (Wildman–Crippen LogP) is 4.24. The lowest BCUT2D eigenvalue weighted by Crippen LogP contribution is -2.13. The summed E-state index contributed by atoms with van der Waals surface area (Å²) in [6.45, 7) is 0. The van der Waals surface area contributed by atoms with Crippen molar-refractivity contribution in [2.75, 3.05) is 4.72 Å². The van der Waals surface area contributed by atoms with Crippen LogP contribution in [0.4, 0.5) is 10.1 Å². The smallest absolute Gasteiger partial charge is 0.371 e. The zero-order valence-electron chi connectivity index (χ0n) is 12.9. The van der Waals surface area contributed by atoms with E-state index in [2.05, 4.69) is 4.72 Å². The molecule has 0 bridgehead atoms. The lowest BCUT2D eigenvalue weighted by atomic mass is 10.1. The van der Waals surface area contributed by atoms with E-state index in [0.717, 1.165) is 24.3 Å². The van der Waals surface area contributed by atoms with Crippen molar-refractivity contribution in [3.05, 3.63) is 71.2 Å². The van der Waals surface area contributed by atoms with E-state index < -0.39 is 21.8 Å². The van der Waals surface area contributed by atoms with Crippen LogP contribution in [0.15, 0.2) is 63.9 Å². The van der Waals surface area contributed by atoms with Crippen LogP contribution in [0.5, 0.6) is 0 Å². The van der Waals surface area contributed by atoms with Crippen LogP contribution in [0.2, 0.25) is 5.02 Å². The Labute approximate surface area is 152 Å². The third-order valence-electron chi connectivity index (χ3n) is 3.43. The van der Waals surface area contributed by atoms with Crippen LogP contribution >= 0.6 is 11.6 Å². The van der Waals surface area contributed by atoms with Crippen molar-refractivity contribution in [1.82, 2.24) is 0 Å². The first-order valence-corrected chi connectivity index (χ1v) is 9.04. The molecule has 0 aliphatic carbocycles. The van der Waals surface area contributed by atoms with Gasteiger partial charge in [0.15, 0.2) is 0 Å². The van der Waals surface area contributed by atoms with Gasteiger partial charge in [-0.15, -0.1) is 0 Å². The van der Waals surface area contributed by atoms with Crippen molar-refractivity contribution in [3.63, 3.8) is 0 Å². The molecule has 2 N–H and O–H groups in total. The number of furan rings is 1. The molecule has 1 aromatic heterocycles. The van der Waals surface area contributed by atoms with Gasteiger partial charge in [0.1, 0.15) is 11.6 Å². The molecule has 1 heterocycles. The Morgan fingerprint density at radius 3 is 2.38 bits per heavy atom. The first-order valence-electron chi connectivity index (χ1n) is 7.18. The van der Waals surface area contributed by atoms with E-state index in [0.29, 0.717) is 5.56 Å². The van der Waals surface area contributed by atoms with E-state index in [1.807, 2.05) is 0 Å². The summed E-state index contributed by atoms with van der Waals surface area (Å²) in [6.07, 6.45) is 0. The van der Waals surface area contributed by atoms with Gasteiger partial charge < -0.3 is 9.52 Å². The Hall–Kier alpha value is -2.84. The first kappa shape index (κ1) is 18.0. The highest BCUT2D eigenvalue weighted by Gasteiger charge is 2.19.